The first-order valence-electron chi connectivity index (χ1n) is 8.13. The molecule has 2 N–H and O–H groups in total. The number of hydrogen-bond acceptors (Lipinski definition) is 5. The van der Waals surface area contributed by atoms with E-state index < -0.39 is 15.2 Å². The fourth-order valence-corrected chi connectivity index (χ4v) is 2.31. The van der Waals surface area contributed by atoms with Gasteiger partial charge in [0.25, 0.3) is 0 Å². The number of halogens is 2. The molecule has 0 aromatic heterocycles. The molecule has 0 aliphatic heterocycles. The normalized spacial score (nSPS) is 9.03. The van der Waals surface area contributed by atoms with Crippen LogP contribution in [0.5, 0.6) is 0 Å². The molecule has 0 saturated heterocycles. The molecule has 9 heteroatoms. The maximum atomic E-state index is 11.1. The Labute approximate surface area is 182 Å². The predicted octanol–water partition coefficient (Wildman–Crippen LogP) is 4.74. The lowest BCUT2D eigenvalue weighted by Gasteiger charge is -2.01. The van der Waals surface area contributed by atoms with Crippen molar-refractivity contribution in [3.8, 4) is 0 Å². The maximum Gasteiger partial charge on any atom is 0.337 e. The molecule has 0 amide bonds. The number of aromatic carboxylic acids is 1. The summed E-state index contributed by atoms with van der Waals surface area (Å²) in [6.45, 7) is 7.69. The van der Waals surface area contributed by atoms with Crippen molar-refractivity contribution in [1.29, 1.82) is 0 Å². The molecule has 0 atom stereocenters. The van der Waals surface area contributed by atoms with E-state index in [1.165, 1.54) is 7.11 Å². The van der Waals surface area contributed by atoms with E-state index in [2.05, 4.69) is 26.1 Å². The SMILES string of the molecule is CO.COC(=O)c1cc(C)cc(C)c1.Cc1cc(C)cc(C(=O)O)c1.O=S(Cl)Cl. The third-order valence-electron chi connectivity index (χ3n) is 3.11. The summed E-state index contributed by atoms with van der Waals surface area (Å²) in [5.74, 6) is -1.14. The van der Waals surface area contributed by atoms with Crippen LogP contribution in [-0.2, 0) is 14.0 Å². The van der Waals surface area contributed by atoms with Gasteiger partial charge in [0.15, 0.2) is 0 Å². The van der Waals surface area contributed by atoms with E-state index in [-0.39, 0.29) is 5.97 Å². The fraction of sp³-hybridized carbons (Fsp3) is 0.300. The molecule has 0 aliphatic carbocycles. The average Bonchev–Trinajstić information content (AvgIpc) is 2.61. The first-order valence-corrected chi connectivity index (χ1v) is 10.9. The van der Waals surface area contributed by atoms with Crippen LogP contribution in [0.25, 0.3) is 0 Å². The predicted molar refractivity (Wildman–Crippen MR) is 118 cm³/mol. The third-order valence-corrected chi connectivity index (χ3v) is 3.11. The minimum absolute atomic E-state index is 0.276. The van der Waals surface area contributed by atoms with Gasteiger partial charge in [0.05, 0.1) is 18.2 Å². The van der Waals surface area contributed by atoms with Gasteiger partial charge in [-0.25, -0.2) is 13.8 Å². The fourth-order valence-electron chi connectivity index (χ4n) is 2.31. The zero-order chi connectivity index (χ0) is 23.1. The number of benzene rings is 2. The molecule has 0 saturated carbocycles. The van der Waals surface area contributed by atoms with Gasteiger partial charge in [-0.2, -0.15) is 0 Å². The molecule has 0 bridgehead atoms. The van der Waals surface area contributed by atoms with Crippen molar-refractivity contribution in [1.82, 2.24) is 0 Å². The van der Waals surface area contributed by atoms with Gasteiger partial charge >= 0.3 is 11.9 Å². The van der Waals surface area contributed by atoms with Crippen LogP contribution in [0.3, 0.4) is 0 Å². The summed E-state index contributed by atoms with van der Waals surface area (Å²) in [5.41, 5.74) is 5.12. The first-order chi connectivity index (χ1) is 13.5. The third kappa shape index (κ3) is 14.7. The standard InChI is InChI=1S/C10H12O2.C9H10O2.CH4O.Cl2OS/c1-7-4-8(2)6-9(5-7)10(11)12-3;1-6-3-7(2)5-8(4-6)9(10)11;1-2;1-4(2)3/h4-6H,1-3H3;3-5H,1-2H3,(H,10,11);2H,1H3;. The molecule has 0 radical (unpaired) electrons. The van der Waals surface area contributed by atoms with Crippen LogP contribution in [0.15, 0.2) is 36.4 Å². The molecular formula is C20H26Cl2O6S. The summed E-state index contributed by atoms with van der Waals surface area (Å²) in [6, 6.07) is 10.9. The van der Waals surface area contributed by atoms with Crippen molar-refractivity contribution in [3.05, 3.63) is 69.8 Å². The van der Waals surface area contributed by atoms with Gasteiger partial charge in [0.1, 0.15) is 0 Å². The van der Waals surface area contributed by atoms with Crippen molar-refractivity contribution < 1.29 is 28.7 Å². The van der Waals surface area contributed by atoms with Crippen LogP contribution in [-0.4, -0.2) is 40.6 Å². The Morgan fingerprint density at radius 1 is 0.793 bits per heavy atom. The van der Waals surface area contributed by atoms with E-state index in [4.69, 9.17) is 14.4 Å². The largest absolute Gasteiger partial charge is 0.478 e. The van der Waals surface area contributed by atoms with Crippen LogP contribution in [0.2, 0.25) is 0 Å². The molecule has 0 heterocycles. The molecule has 0 unspecified atom stereocenters. The highest BCUT2D eigenvalue weighted by molar-refractivity contribution is 8.26. The first kappa shape index (κ1) is 29.3. The second-order valence-electron chi connectivity index (χ2n) is 5.73. The van der Waals surface area contributed by atoms with Crippen LogP contribution in [0, 0.1) is 27.7 Å². The zero-order valence-corrected chi connectivity index (χ0v) is 19.5. The average molecular weight is 465 g/mol. The number of carbonyl (C=O) groups is 2. The highest BCUT2D eigenvalue weighted by atomic mass is 36.0. The molecule has 0 aliphatic rings. The van der Waals surface area contributed by atoms with Gasteiger partial charge in [-0.3, -0.25) is 0 Å². The van der Waals surface area contributed by atoms with Crippen molar-refractivity contribution >= 4 is 42.5 Å². The number of ether oxygens (including phenoxy) is 1. The Hall–Kier alpha value is -1.93. The van der Waals surface area contributed by atoms with Crippen molar-refractivity contribution in [2.45, 2.75) is 27.7 Å². The topological polar surface area (TPSA) is 101 Å². The molecule has 6 nitrogen and oxygen atoms in total. The minimum Gasteiger partial charge on any atom is -0.478 e. The molecule has 2 aromatic rings. The number of esters is 1. The summed E-state index contributed by atoms with van der Waals surface area (Å²) in [5, 5.41) is 15.6. The summed E-state index contributed by atoms with van der Waals surface area (Å²) in [6.07, 6.45) is 0. The van der Waals surface area contributed by atoms with Gasteiger partial charge in [0, 0.05) is 28.5 Å². The van der Waals surface area contributed by atoms with E-state index in [0.29, 0.717) is 11.1 Å². The summed E-state index contributed by atoms with van der Waals surface area (Å²) in [7, 11) is 9.75. The van der Waals surface area contributed by atoms with Crippen molar-refractivity contribution in [3.63, 3.8) is 0 Å². The molecular weight excluding hydrogens is 439 g/mol. The molecule has 0 spiro atoms. The highest BCUT2D eigenvalue weighted by Crippen LogP contribution is 2.09. The lowest BCUT2D eigenvalue weighted by atomic mass is 10.1. The summed E-state index contributed by atoms with van der Waals surface area (Å²) >= 11 is 0. The van der Waals surface area contributed by atoms with Gasteiger partial charge in [0.2, 0.25) is 9.23 Å². The van der Waals surface area contributed by atoms with Crippen molar-refractivity contribution in [2.24, 2.45) is 0 Å². The monoisotopic (exact) mass is 464 g/mol. The van der Waals surface area contributed by atoms with E-state index in [1.807, 2.05) is 52.0 Å². The number of carboxylic acids is 1. The second-order valence-corrected chi connectivity index (χ2v) is 8.26. The minimum atomic E-state index is -1.67. The number of aliphatic hydroxyl groups excluding tert-OH is 1. The number of carbonyl (C=O) groups excluding carboxylic acids is 1. The second kappa shape index (κ2) is 15.9. The lowest BCUT2D eigenvalue weighted by Crippen LogP contribution is -2.01. The Morgan fingerprint density at radius 3 is 1.31 bits per heavy atom. The maximum absolute atomic E-state index is 11.1. The molecule has 2 aromatic carbocycles. The quantitative estimate of drug-likeness (QED) is 0.491. The molecule has 0 fully saturated rings. The van der Waals surface area contributed by atoms with E-state index in [9.17, 15) is 9.59 Å². The van der Waals surface area contributed by atoms with Gasteiger partial charge in [-0.15, -0.1) is 0 Å². The lowest BCUT2D eigenvalue weighted by molar-refractivity contribution is 0.0599. The Kier molecular flexibility index (Phi) is 16.1. The highest BCUT2D eigenvalue weighted by Gasteiger charge is 2.05. The molecule has 2 rings (SSSR count). The number of carboxylic acid groups (broad SMARTS) is 1. The van der Waals surface area contributed by atoms with E-state index in [1.54, 1.807) is 12.1 Å². The van der Waals surface area contributed by atoms with Crippen LogP contribution in [0.4, 0.5) is 0 Å². The number of aryl methyl sites for hydroxylation is 4. The number of hydrogen-bond donors (Lipinski definition) is 2. The Morgan fingerprint density at radius 2 is 1.07 bits per heavy atom. The summed E-state index contributed by atoms with van der Waals surface area (Å²) < 4.78 is 13.7. The van der Waals surface area contributed by atoms with Gasteiger partial charge in [-0.05, 0) is 52.0 Å². The smallest absolute Gasteiger partial charge is 0.337 e. The Balaban J connectivity index is 0. The number of rotatable bonds is 2. The molecule has 29 heavy (non-hydrogen) atoms. The van der Waals surface area contributed by atoms with E-state index in [0.717, 1.165) is 29.4 Å². The Bertz CT molecular complexity index is 780. The van der Waals surface area contributed by atoms with Crippen LogP contribution in [0.1, 0.15) is 43.0 Å². The van der Waals surface area contributed by atoms with Crippen LogP contribution >= 0.6 is 21.4 Å². The van der Waals surface area contributed by atoms with Crippen molar-refractivity contribution in [2.75, 3.05) is 14.2 Å². The molecule has 162 valence electrons. The van der Waals surface area contributed by atoms with Gasteiger partial charge in [-0.1, -0.05) is 34.4 Å². The van der Waals surface area contributed by atoms with E-state index >= 15 is 0 Å². The number of aliphatic hydroxyl groups is 1. The zero-order valence-electron chi connectivity index (χ0n) is 17.2. The van der Waals surface area contributed by atoms with Gasteiger partial charge < -0.3 is 14.9 Å². The summed E-state index contributed by atoms with van der Waals surface area (Å²) in [4.78, 5) is 21.6. The number of methoxy groups -OCH3 is 1. The van der Waals surface area contributed by atoms with Crippen LogP contribution < -0.4 is 0 Å².